The zero-order valence-corrected chi connectivity index (χ0v) is 17.5. The molecule has 0 aliphatic rings. The molecule has 0 bridgehead atoms. The van der Waals surface area contributed by atoms with E-state index in [1.165, 1.54) is 12.1 Å². The number of hydrogen-bond acceptors (Lipinski definition) is 6. The Bertz CT molecular complexity index is 1490. The maximum Gasteiger partial charge on any atom is 0.155 e. The molecule has 0 aliphatic heterocycles. The van der Waals surface area contributed by atoms with Crippen molar-refractivity contribution in [2.24, 2.45) is 5.16 Å². The lowest BCUT2D eigenvalue weighted by Crippen LogP contribution is -2.07. The Kier molecular flexibility index (Phi) is 5.63. The van der Waals surface area contributed by atoms with E-state index in [4.69, 9.17) is 13.9 Å². The summed E-state index contributed by atoms with van der Waals surface area (Å²) in [5.74, 6) is 1.24. The third-order valence-corrected chi connectivity index (χ3v) is 5.11. The molecule has 33 heavy (non-hydrogen) atoms. The molecule has 3 heterocycles. The molecule has 0 aliphatic carbocycles. The van der Waals surface area contributed by atoms with Crippen molar-refractivity contribution >= 4 is 16.5 Å². The number of benzene rings is 2. The highest BCUT2D eigenvalue weighted by Gasteiger charge is 2.10. The van der Waals surface area contributed by atoms with Crippen molar-refractivity contribution in [3.63, 3.8) is 0 Å². The van der Waals surface area contributed by atoms with Gasteiger partial charge in [0.1, 0.15) is 34.0 Å². The maximum absolute atomic E-state index is 13.2. The molecule has 0 atom stereocenters. The molecule has 5 aromatic rings. The fraction of sp³-hybridized carbons (Fsp3) is 0.120. The normalized spacial score (nSPS) is 11.8. The molecule has 1 N–H and O–H groups in total. The van der Waals surface area contributed by atoms with Crippen molar-refractivity contribution in [1.29, 1.82) is 0 Å². The van der Waals surface area contributed by atoms with Gasteiger partial charge in [-0.05, 0) is 48.5 Å². The number of fused-ring (bicyclic) bond motifs is 2. The Morgan fingerprint density at radius 2 is 1.82 bits per heavy atom. The summed E-state index contributed by atoms with van der Waals surface area (Å²) in [6, 6.07) is 18.8. The first-order valence-corrected chi connectivity index (χ1v) is 10.4. The molecule has 8 heteroatoms. The van der Waals surface area contributed by atoms with E-state index in [1.54, 1.807) is 42.7 Å². The number of halogens is 1. The average Bonchev–Trinajstić information content (AvgIpc) is 3.31. The van der Waals surface area contributed by atoms with Crippen LogP contribution >= 0.6 is 0 Å². The number of rotatable bonds is 7. The van der Waals surface area contributed by atoms with Gasteiger partial charge in [-0.1, -0.05) is 11.2 Å². The van der Waals surface area contributed by atoms with E-state index in [0.29, 0.717) is 58.9 Å². The molecule has 0 fully saturated rings. The summed E-state index contributed by atoms with van der Waals surface area (Å²) in [7, 11) is 0. The lowest BCUT2D eigenvalue weighted by Gasteiger charge is -2.09. The van der Waals surface area contributed by atoms with Gasteiger partial charge >= 0.3 is 0 Å². The largest absolute Gasteiger partial charge is 0.493 e. The predicted molar refractivity (Wildman–Crippen MR) is 120 cm³/mol. The fourth-order valence-corrected chi connectivity index (χ4v) is 3.51. The minimum absolute atomic E-state index is 0.334. The van der Waals surface area contributed by atoms with Crippen molar-refractivity contribution in [2.45, 2.75) is 6.42 Å². The monoisotopic (exact) mass is 445 g/mol. The molecule has 2 aromatic carbocycles. The van der Waals surface area contributed by atoms with Crippen LogP contribution in [0.5, 0.6) is 11.5 Å². The quantitative estimate of drug-likeness (QED) is 0.216. The van der Waals surface area contributed by atoms with E-state index in [-0.39, 0.29) is 5.82 Å². The highest BCUT2D eigenvalue weighted by atomic mass is 19.1. The summed E-state index contributed by atoms with van der Waals surface area (Å²) in [6.45, 7) is 0.800. The zero-order valence-electron chi connectivity index (χ0n) is 17.5. The summed E-state index contributed by atoms with van der Waals surface area (Å²) in [5, 5.41) is 14.0. The Labute approximate surface area is 188 Å². The fourth-order valence-electron chi connectivity index (χ4n) is 3.51. The van der Waals surface area contributed by atoms with E-state index in [1.807, 2.05) is 28.8 Å². The number of aromatic nitrogens is 2. The number of hydrogen-bond donors (Lipinski definition) is 1. The van der Waals surface area contributed by atoms with Gasteiger partial charge in [0.25, 0.3) is 0 Å². The van der Waals surface area contributed by atoms with Crippen LogP contribution in [-0.2, 0) is 0 Å². The van der Waals surface area contributed by atoms with Gasteiger partial charge in [0.05, 0.1) is 24.9 Å². The third-order valence-electron chi connectivity index (χ3n) is 5.11. The number of ether oxygens (including phenoxy) is 2. The van der Waals surface area contributed by atoms with E-state index in [0.717, 1.165) is 5.52 Å². The summed E-state index contributed by atoms with van der Waals surface area (Å²) in [6.07, 6.45) is 4.23. The predicted octanol–water partition coefficient (Wildman–Crippen LogP) is 5.02. The first-order chi connectivity index (χ1) is 16.2. The van der Waals surface area contributed by atoms with Crippen molar-refractivity contribution in [3.05, 3.63) is 90.4 Å². The van der Waals surface area contributed by atoms with Gasteiger partial charge in [-0.15, -0.1) is 0 Å². The topological polar surface area (TPSA) is 81.5 Å². The molecule has 0 radical (unpaired) electrons. The van der Waals surface area contributed by atoms with Crippen LogP contribution in [0.1, 0.15) is 6.42 Å². The molecule has 0 spiro atoms. The van der Waals surface area contributed by atoms with Crippen LogP contribution in [0.4, 0.5) is 4.39 Å². The van der Waals surface area contributed by atoms with Crippen LogP contribution in [0.3, 0.4) is 0 Å². The van der Waals surface area contributed by atoms with Crippen LogP contribution in [-0.4, -0.2) is 27.8 Å². The second kappa shape index (κ2) is 9.04. The Balaban J connectivity index is 1.30. The van der Waals surface area contributed by atoms with Gasteiger partial charge in [0.15, 0.2) is 5.76 Å². The second-order valence-corrected chi connectivity index (χ2v) is 7.38. The molecule has 0 unspecified atom stereocenters. The Morgan fingerprint density at radius 3 is 2.64 bits per heavy atom. The van der Waals surface area contributed by atoms with Gasteiger partial charge in [0, 0.05) is 30.3 Å². The van der Waals surface area contributed by atoms with Gasteiger partial charge in [-0.2, -0.15) is 0 Å². The second-order valence-electron chi connectivity index (χ2n) is 7.38. The molecular formula is C25H20FN3O4. The smallest absolute Gasteiger partial charge is 0.155 e. The highest BCUT2D eigenvalue weighted by molar-refractivity contribution is 5.80. The van der Waals surface area contributed by atoms with Crippen LogP contribution in [0, 0.1) is 5.82 Å². The molecule has 3 aromatic heterocycles. The van der Waals surface area contributed by atoms with Crippen LogP contribution < -0.4 is 14.8 Å². The van der Waals surface area contributed by atoms with Gasteiger partial charge in [-0.3, -0.25) is 0 Å². The minimum Gasteiger partial charge on any atom is -0.493 e. The zero-order chi connectivity index (χ0) is 22.6. The highest BCUT2D eigenvalue weighted by Crippen LogP contribution is 2.24. The summed E-state index contributed by atoms with van der Waals surface area (Å²) >= 11 is 0. The van der Waals surface area contributed by atoms with Crippen molar-refractivity contribution in [3.8, 4) is 23.0 Å². The van der Waals surface area contributed by atoms with Gasteiger partial charge in [0.2, 0.25) is 0 Å². The average molecular weight is 445 g/mol. The van der Waals surface area contributed by atoms with E-state index < -0.39 is 0 Å². The Morgan fingerprint density at radius 1 is 0.970 bits per heavy atom. The van der Waals surface area contributed by atoms with E-state index in [2.05, 4.69) is 10.1 Å². The van der Waals surface area contributed by atoms with Crippen molar-refractivity contribution < 1.29 is 23.5 Å². The summed E-state index contributed by atoms with van der Waals surface area (Å²) in [5.41, 5.74) is 2.15. The number of nitrogens with zero attached hydrogens (tertiary/aromatic N) is 3. The molecule has 5 rings (SSSR count). The van der Waals surface area contributed by atoms with E-state index in [9.17, 15) is 9.60 Å². The lowest BCUT2D eigenvalue weighted by molar-refractivity contribution is 0.247. The summed E-state index contributed by atoms with van der Waals surface area (Å²) in [4.78, 5) is 4.42. The van der Waals surface area contributed by atoms with Crippen LogP contribution in [0.15, 0.2) is 88.8 Å². The molecular weight excluding hydrogens is 425 g/mol. The lowest BCUT2D eigenvalue weighted by atomic mass is 10.2. The van der Waals surface area contributed by atoms with E-state index >= 15 is 0 Å². The molecule has 0 saturated heterocycles. The molecule has 0 saturated carbocycles. The van der Waals surface area contributed by atoms with Crippen molar-refractivity contribution in [1.82, 2.24) is 9.38 Å². The third kappa shape index (κ3) is 4.50. The summed E-state index contributed by atoms with van der Waals surface area (Å²) < 4.78 is 32.4. The SMILES string of the molecule is O/N=c1\cc(-c2cc3cccn3cn2)oc2ccc(OCCCOc3cccc(F)c3)cc12. The first kappa shape index (κ1) is 20.6. The van der Waals surface area contributed by atoms with Gasteiger partial charge < -0.3 is 23.5 Å². The first-order valence-electron chi connectivity index (χ1n) is 10.4. The molecule has 166 valence electrons. The molecule has 7 nitrogen and oxygen atoms in total. The molecule has 0 amide bonds. The minimum atomic E-state index is -0.334. The van der Waals surface area contributed by atoms with Crippen LogP contribution in [0.2, 0.25) is 0 Å². The maximum atomic E-state index is 13.2. The Hall–Kier alpha value is -4.33. The van der Waals surface area contributed by atoms with Gasteiger partial charge in [-0.25, -0.2) is 9.37 Å². The standard InChI is InChI=1S/C25H20FN3O4/c26-17-4-1-6-19(12-17)31-10-3-11-32-20-7-8-24-21(14-20)22(28-30)15-25(33-24)23-13-18-5-2-9-29(18)16-27-23/h1-2,4-9,12-16,30H,3,10-11H2/b28-22+. The van der Waals surface area contributed by atoms with Crippen molar-refractivity contribution in [2.75, 3.05) is 13.2 Å². The van der Waals surface area contributed by atoms with Crippen LogP contribution in [0.25, 0.3) is 27.9 Å².